The van der Waals surface area contributed by atoms with E-state index in [9.17, 15) is 13.2 Å². The van der Waals surface area contributed by atoms with Crippen LogP contribution >= 0.6 is 22.9 Å². The summed E-state index contributed by atoms with van der Waals surface area (Å²) in [5.41, 5.74) is 1.38. The summed E-state index contributed by atoms with van der Waals surface area (Å²) in [6, 6.07) is 12.3. The number of thiazole rings is 1. The van der Waals surface area contributed by atoms with Crippen molar-refractivity contribution in [2.24, 2.45) is 4.99 Å². The number of hydrogen-bond donors (Lipinski definition) is 0. The number of allylic oxidation sites excluding steroid dienone is 1. The summed E-state index contributed by atoms with van der Waals surface area (Å²) in [5.74, 6) is 0. The zero-order valence-corrected chi connectivity index (χ0v) is 17.0. The summed E-state index contributed by atoms with van der Waals surface area (Å²) < 4.78 is 40.6. The summed E-state index contributed by atoms with van der Waals surface area (Å²) in [6.45, 7) is 4.24. The van der Waals surface area contributed by atoms with Crippen molar-refractivity contribution < 1.29 is 30.2 Å². The first kappa shape index (κ1) is 21.5. The molecule has 0 radical (unpaired) electrons. The Bertz CT molecular complexity index is 991. The van der Waals surface area contributed by atoms with Crippen LogP contribution in [0.15, 0.2) is 71.6 Å². The summed E-state index contributed by atoms with van der Waals surface area (Å²) in [6.07, 6.45) is -2.68. The van der Waals surface area contributed by atoms with Gasteiger partial charge in [0.25, 0.3) is 0 Å². The van der Waals surface area contributed by atoms with Crippen LogP contribution in [-0.2, 0) is 12.7 Å². The first-order valence-electron chi connectivity index (χ1n) is 7.65. The van der Waals surface area contributed by atoms with Crippen molar-refractivity contribution in [2.75, 3.05) is 0 Å². The zero-order chi connectivity index (χ0) is 18.7. The fourth-order valence-electron chi connectivity index (χ4n) is 2.44. The Kier molecular flexibility index (Phi) is 7.08. The molecule has 0 aliphatic carbocycles. The van der Waals surface area contributed by atoms with Crippen molar-refractivity contribution in [3.8, 4) is 11.3 Å². The molecule has 1 heterocycles. The molecule has 3 aromatic rings. The van der Waals surface area contributed by atoms with E-state index in [1.54, 1.807) is 24.3 Å². The van der Waals surface area contributed by atoms with E-state index in [0.29, 0.717) is 16.4 Å². The Hall–Kier alpha value is -1.83. The second-order valence-electron chi connectivity index (χ2n) is 5.47. The van der Waals surface area contributed by atoms with Gasteiger partial charge in [0, 0.05) is 16.9 Å². The minimum Gasteiger partial charge on any atom is -1.00 e. The molecule has 1 aromatic heterocycles. The number of benzene rings is 2. The number of nitrogens with zero attached hydrogens (tertiary/aromatic N) is 2. The fourth-order valence-corrected chi connectivity index (χ4v) is 3.50. The maximum absolute atomic E-state index is 12.9. The van der Waals surface area contributed by atoms with E-state index in [2.05, 4.69) is 11.6 Å². The molecule has 0 saturated carbocycles. The quantitative estimate of drug-likeness (QED) is 0.516. The molecule has 0 aliphatic rings. The van der Waals surface area contributed by atoms with Gasteiger partial charge in [-0.05, 0) is 35.9 Å². The van der Waals surface area contributed by atoms with Gasteiger partial charge >= 0.3 is 6.18 Å². The van der Waals surface area contributed by atoms with E-state index < -0.39 is 11.7 Å². The molecule has 0 aliphatic heterocycles. The van der Waals surface area contributed by atoms with Gasteiger partial charge in [-0.2, -0.15) is 13.2 Å². The number of aromatic nitrogens is 1. The molecular weight excluding hydrogens is 461 g/mol. The minimum atomic E-state index is -4.40. The second-order valence-corrected chi connectivity index (χ2v) is 6.74. The topological polar surface area (TPSA) is 17.3 Å². The summed E-state index contributed by atoms with van der Waals surface area (Å²) in [4.78, 5) is 5.00. The van der Waals surface area contributed by atoms with Gasteiger partial charge in [-0.1, -0.05) is 35.9 Å². The normalized spacial score (nSPS) is 11.9. The largest absolute Gasteiger partial charge is 1.00 e. The van der Waals surface area contributed by atoms with E-state index in [-0.39, 0.29) is 22.7 Å². The molecule has 2 aromatic carbocycles. The van der Waals surface area contributed by atoms with Gasteiger partial charge in [-0.25, -0.2) is 4.99 Å². The molecule has 0 unspecified atom stereocenters. The SMILES string of the molecule is C=CCn1c(-c2ccc(Cl)cc2)csc1=Nc1cccc(C(F)(F)F)c1.[Br-]. The lowest BCUT2D eigenvalue weighted by atomic mass is 10.2. The van der Waals surface area contributed by atoms with Crippen LogP contribution in [0, 0.1) is 0 Å². The van der Waals surface area contributed by atoms with E-state index >= 15 is 0 Å². The van der Waals surface area contributed by atoms with E-state index in [1.165, 1.54) is 17.4 Å². The summed E-state index contributed by atoms with van der Waals surface area (Å²) >= 11 is 7.29. The van der Waals surface area contributed by atoms with E-state index in [1.807, 2.05) is 22.1 Å². The molecule has 0 spiro atoms. The minimum absolute atomic E-state index is 0. The predicted octanol–water partition coefficient (Wildman–Crippen LogP) is 3.31. The average molecular weight is 475 g/mol. The van der Waals surface area contributed by atoms with Gasteiger partial charge < -0.3 is 21.5 Å². The zero-order valence-electron chi connectivity index (χ0n) is 13.9. The molecule has 0 fully saturated rings. The van der Waals surface area contributed by atoms with Crippen LogP contribution in [0.1, 0.15) is 5.56 Å². The van der Waals surface area contributed by atoms with Crippen molar-refractivity contribution in [3.05, 3.63) is 82.0 Å². The predicted molar refractivity (Wildman–Crippen MR) is 99.6 cm³/mol. The highest BCUT2D eigenvalue weighted by atomic mass is 79.9. The third-order valence-corrected chi connectivity index (χ3v) is 4.76. The molecule has 0 saturated heterocycles. The third kappa shape index (κ3) is 5.12. The molecule has 0 N–H and O–H groups in total. The lowest BCUT2D eigenvalue weighted by Gasteiger charge is -2.08. The van der Waals surface area contributed by atoms with Gasteiger partial charge in [0.05, 0.1) is 16.9 Å². The van der Waals surface area contributed by atoms with Gasteiger partial charge in [0.1, 0.15) is 0 Å². The Morgan fingerprint density at radius 2 is 1.85 bits per heavy atom. The number of alkyl halides is 3. The fraction of sp³-hybridized carbons (Fsp3) is 0.105. The van der Waals surface area contributed by atoms with Crippen molar-refractivity contribution in [1.29, 1.82) is 0 Å². The van der Waals surface area contributed by atoms with Crippen molar-refractivity contribution in [3.63, 3.8) is 0 Å². The Balaban J connectivity index is 0.00000261. The molecule has 2 nitrogen and oxygen atoms in total. The van der Waals surface area contributed by atoms with Crippen molar-refractivity contribution in [2.45, 2.75) is 12.7 Å². The Labute approximate surface area is 174 Å². The maximum atomic E-state index is 12.9. The number of rotatable bonds is 4. The van der Waals surface area contributed by atoms with Crippen LogP contribution in [-0.4, -0.2) is 4.57 Å². The molecule has 3 rings (SSSR count). The molecule has 27 heavy (non-hydrogen) atoms. The second kappa shape index (κ2) is 8.91. The highest BCUT2D eigenvalue weighted by Gasteiger charge is 2.30. The van der Waals surface area contributed by atoms with Gasteiger partial charge in [0.2, 0.25) is 0 Å². The van der Waals surface area contributed by atoms with Gasteiger partial charge in [-0.15, -0.1) is 17.9 Å². The highest BCUT2D eigenvalue weighted by Crippen LogP contribution is 2.31. The van der Waals surface area contributed by atoms with E-state index in [4.69, 9.17) is 11.6 Å². The molecule has 0 bridgehead atoms. The number of halogens is 5. The smallest absolute Gasteiger partial charge is 0.416 e. The Morgan fingerprint density at radius 1 is 1.15 bits per heavy atom. The van der Waals surface area contributed by atoms with Crippen LogP contribution in [0.2, 0.25) is 5.02 Å². The monoisotopic (exact) mass is 473 g/mol. The number of hydrogen-bond acceptors (Lipinski definition) is 2. The van der Waals surface area contributed by atoms with Crippen LogP contribution in [0.3, 0.4) is 0 Å². The van der Waals surface area contributed by atoms with Crippen LogP contribution in [0.5, 0.6) is 0 Å². The molecule has 0 amide bonds. The lowest BCUT2D eigenvalue weighted by molar-refractivity contribution is -0.137. The first-order valence-corrected chi connectivity index (χ1v) is 8.91. The van der Waals surface area contributed by atoms with Crippen LogP contribution in [0.25, 0.3) is 11.3 Å². The molecular formula is C19H14BrClF3N2S-. The molecule has 8 heteroatoms. The van der Waals surface area contributed by atoms with Crippen LogP contribution in [0.4, 0.5) is 18.9 Å². The average Bonchev–Trinajstić information content (AvgIpc) is 2.98. The maximum Gasteiger partial charge on any atom is 0.416 e. The summed E-state index contributed by atoms with van der Waals surface area (Å²) in [5, 5.41) is 2.55. The van der Waals surface area contributed by atoms with Crippen LogP contribution < -0.4 is 21.8 Å². The summed E-state index contributed by atoms with van der Waals surface area (Å²) in [7, 11) is 0. The molecule has 142 valence electrons. The standard InChI is InChI=1S/C19H14ClF3N2S.BrH/c1-2-10-25-17(13-6-8-15(20)9-7-13)12-26-18(25)24-16-5-3-4-14(11-16)19(21,22)23;/h2-9,11-12H,1,10H2;1H/p-1. The first-order chi connectivity index (χ1) is 12.4. The van der Waals surface area contributed by atoms with E-state index in [0.717, 1.165) is 23.4 Å². The lowest BCUT2D eigenvalue weighted by Crippen LogP contribution is -3.00. The van der Waals surface area contributed by atoms with Gasteiger partial charge in [0.15, 0.2) is 4.80 Å². The highest BCUT2D eigenvalue weighted by molar-refractivity contribution is 7.07. The third-order valence-electron chi connectivity index (χ3n) is 3.65. The van der Waals surface area contributed by atoms with Crippen molar-refractivity contribution >= 4 is 28.6 Å². The molecule has 0 atom stereocenters. The van der Waals surface area contributed by atoms with Crippen molar-refractivity contribution in [1.82, 2.24) is 4.57 Å². The Morgan fingerprint density at radius 3 is 2.48 bits per heavy atom. The van der Waals surface area contributed by atoms with Gasteiger partial charge in [-0.3, -0.25) is 0 Å².